The first-order valence-electron chi connectivity index (χ1n) is 6.53. The summed E-state index contributed by atoms with van der Waals surface area (Å²) < 4.78 is 11.2. The summed E-state index contributed by atoms with van der Waals surface area (Å²) in [6.45, 7) is 4.73. The monoisotopic (exact) mass is 235 g/mol. The number of hydrogen-bond acceptors (Lipinski definition) is 3. The van der Waals surface area contributed by atoms with E-state index in [9.17, 15) is 0 Å². The van der Waals surface area contributed by atoms with Crippen LogP contribution in [0.15, 0.2) is 18.2 Å². The highest BCUT2D eigenvalue weighted by atomic mass is 16.5. The number of ether oxygens (including phenoxy) is 2. The van der Waals surface area contributed by atoms with E-state index in [2.05, 4.69) is 18.3 Å². The highest BCUT2D eigenvalue weighted by molar-refractivity contribution is 5.54. The van der Waals surface area contributed by atoms with E-state index in [4.69, 9.17) is 9.47 Å². The van der Waals surface area contributed by atoms with Crippen LogP contribution < -0.4 is 14.8 Å². The lowest BCUT2D eigenvalue weighted by molar-refractivity contribution is 0.297. The third-order valence-electron chi connectivity index (χ3n) is 2.86. The molecule has 0 aromatic heterocycles. The molecule has 0 unspecified atom stereocenters. The van der Waals surface area contributed by atoms with Crippen molar-refractivity contribution < 1.29 is 9.47 Å². The second kappa shape index (κ2) is 6.38. The Morgan fingerprint density at radius 2 is 1.94 bits per heavy atom. The molecule has 17 heavy (non-hydrogen) atoms. The van der Waals surface area contributed by atoms with Crippen molar-refractivity contribution in [3.05, 3.63) is 18.2 Å². The van der Waals surface area contributed by atoms with Crippen LogP contribution in [0.5, 0.6) is 11.5 Å². The second-order valence-corrected chi connectivity index (χ2v) is 4.35. The van der Waals surface area contributed by atoms with Crippen LogP contribution in [0.2, 0.25) is 0 Å². The number of anilines is 1. The van der Waals surface area contributed by atoms with E-state index in [1.165, 1.54) is 19.3 Å². The van der Waals surface area contributed by atoms with Gasteiger partial charge in [-0.05, 0) is 18.6 Å². The van der Waals surface area contributed by atoms with Crippen LogP contribution in [0.4, 0.5) is 5.69 Å². The molecule has 2 rings (SSSR count). The van der Waals surface area contributed by atoms with Gasteiger partial charge in [0.2, 0.25) is 0 Å². The van der Waals surface area contributed by atoms with Crippen molar-refractivity contribution in [3.63, 3.8) is 0 Å². The molecule has 0 atom stereocenters. The van der Waals surface area contributed by atoms with Gasteiger partial charge in [-0.3, -0.25) is 0 Å². The van der Waals surface area contributed by atoms with Crippen molar-refractivity contribution in [2.45, 2.75) is 32.6 Å². The molecule has 0 bridgehead atoms. The van der Waals surface area contributed by atoms with Crippen molar-refractivity contribution in [2.24, 2.45) is 0 Å². The lowest BCUT2D eigenvalue weighted by atomic mass is 10.2. The first-order chi connectivity index (χ1) is 8.40. The third-order valence-corrected chi connectivity index (χ3v) is 2.86. The molecule has 1 N–H and O–H groups in total. The Kier molecular flexibility index (Phi) is 4.54. The van der Waals surface area contributed by atoms with E-state index in [1.54, 1.807) is 0 Å². The van der Waals surface area contributed by atoms with E-state index < -0.39 is 0 Å². The molecule has 0 saturated heterocycles. The zero-order valence-electron chi connectivity index (χ0n) is 10.5. The minimum atomic E-state index is 0.742. The summed E-state index contributed by atoms with van der Waals surface area (Å²) in [5.41, 5.74) is 1.12. The molecule has 0 radical (unpaired) electrons. The zero-order chi connectivity index (χ0) is 11.9. The van der Waals surface area contributed by atoms with Crippen LogP contribution in [-0.4, -0.2) is 19.8 Å². The number of nitrogens with one attached hydrogen (secondary N) is 1. The molecule has 0 amide bonds. The molecule has 0 aliphatic carbocycles. The lowest BCUT2D eigenvalue weighted by Crippen LogP contribution is -2.01. The van der Waals surface area contributed by atoms with E-state index in [-0.39, 0.29) is 0 Å². The Labute approximate surface area is 103 Å². The maximum absolute atomic E-state index is 5.65. The van der Waals surface area contributed by atoms with Crippen LogP contribution in [-0.2, 0) is 0 Å². The Bertz CT molecular complexity index is 352. The van der Waals surface area contributed by atoms with Crippen molar-refractivity contribution in [1.29, 1.82) is 0 Å². The lowest BCUT2D eigenvalue weighted by Gasteiger charge is -2.10. The van der Waals surface area contributed by atoms with Crippen molar-refractivity contribution in [1.82, 2.24) is 0 Å². The Morgan fingerprint density at radius 1 is 1.12 bits per heavy atom. The normalized spacial score (nSPS) is 14.2. The van der Waals surface area contributed by atoms with Gasteiger partial charge in [0.05, 0.1) is 13.2 Å². The van der Waals surface area contributed by atoms with Gasteiger partial charge in [-0.25, -0.2) is 0 Å². The summed E-state index contributed by atoms with van der Waals surface area (Å²) >= 11 is 0. The van der Waals surface area contributed by atoms with Crippen LogP contribution in [0, 0.1) is 0 Å². The topological polar surface area (TPSA) is 30.5 Å². The second-order valence-electron chi connectivity index (χ2n) is 4.35. The molecule has 0 spiro atoms. The number of hydrogen-bond donors (Lipinski definition) is 1. The van der Waals surface area contributed by atoms with E-state index in [0.717, 1.165) is 43.4 Å². The maximum Gasteiger partial charge on any atom is 0.163 e. The van der Waals surface area contributed by atoms with E-state index in [1.807, 2.05) is 12.1 Å². The molecular weight excluding hydrogens is 214 g/mol. The van der Waals surface area contributed by atoms with Gasteiger partial charge in [-0.2, -0.15) is 0 Å². The van der Waals surface area contributed by atoms with Crippen LogP contribution in [0.1, 0.15) is 32.6 Å². The number of fused-ring (bicyclic) bond motifs is 1. The summed E-state index contributed by atoms with van der Waals surface area (Å²) in [6, 6.07) is 6.08. The number of unbranched alkanes of at least 4 members (excludes halogenated alkanes) is 2. The first kappa shape index (κ1) is 12.1. The van der Waals surface area contributed by atoms with Gasteiger partial charge in [0.1, 0.15) is 0 Å². The SMILES string of the molecule is CCCCCNc1ccc2c(c1)OCCCO2. The van der Waals surface area contributed by atoms with Gasteiger partial charge in [0.15, 0.2) is 11.5 Å². The fourth-order valence-electron chi connectivity index (χ4n) is 1.88. The molecule has 94 valence electrons. The predicted molar refractivity (Wildman–Crippen MR) is 70.1 cm³/mol. The molecular formula is C14H21NO2. The summed E-state index contributed by atoms with van der Waals surface area (Å²) in [4.78, 5) is 0. The van der Waals surface area contributed by atoms with Gasteiger partial charge in [-0.15, -0.1) is 0 Å². The molecule has 3 nitrogen and oxygen atoms in total. The molecule has 1 heterocycles. The zero-order valence-corrected chi connectivity index (χ0v) is 10.5. The summed E-state index contributed by atoms with van der Waals surface area (Å²) in [7, 11) is 0. The quantitative estimate of drug-likeness (QED) is 0.793. The molecule has 0 fully saturated rings. The van der Waals surface area contributed by atoms with E-state index >= 15 is 0 Å². The maximum atomic E-state index is 5.65. The molecule has 1 aromatic carbocycles. The first-order valence-corrected chi connectivity index (χ1v) is 6.53. The Balaban J connectivity index is 1.93. The highest BCUT2D eigenvalue weighted by Crippen LogP contribution is 2.32. The Morgan fingerprint density at radius 3 is 2.76 bits per heavy atom. The van der Waals surface area contributed by atoms with Gasteiger partial charge in [-0.1, -0.05) is 19.8 Å². The van der Waals surface area contributed by atoms with Crippen molar-refractivity contribution >= 4 is 5.69 Å². The predicted octanol–water partition coefficient (Wildman–Crippen LogP) is 3.45. The fourth-order valence-corrected chi connectivity index (χ4v) is 1.88. The van der Waals surface area contributed by atoms with E-state index in [0.29, 0.717) is 0 Å². The number of rotatable bonds is 5. The minimum absolute atomic E-state index is 0.742. The van der Waals surface area contributed by atoms with Gasteiger partial charge < -0.3 is 14.8 Å². The molecule has 1 aliphatic heterocycles. The summed E-state index contributed by atoms with van der Waals surface area (Å²) in [5.74, 6) is 1.73. The average molecular weight is 235 g/mol. The fraction of sp³-hybridized carbons (Fsp3) is 0.571. The number of benzene rings is 1. The molecule has 1 aromatic rings. The van der Waals surface area contributed by atoms with Gasteiger partial charge >= 0.3 is 0 Å². The Hall–Kier alpha value is -1.38. The molecule has 1 aliphatic rings. The standard InChI is InChI=1S/C14H21NO2/c1-2-3-4-8-15-12-6-7-13-14(11-12)17-10-5-9-16-13/h6-7,11,15H,2-5,8-10H2,1H3. The minimum Gasteiger partial charge on any atom is -0.490 e. The van der Waals surface area contributed by atoms with Gasteiger partial charge in [0.25, 0.3) is 0 Å². The van der Waals surface area contributed by atoms with Crippen LogP contribution in [0.3, 0.4) is 0 Å². The van der Waals surface area contributed by atoms with Crippen molar-refractivity contribution in [3.8, 4) is 11.5 Å². The largest absolute Gasteiger partial charge is 0.490 e. The summed E-state index contributed by atoms with van der Waals surface area (Å²) in [6.07, 6.45) is 4.69. The highest BCUT2D eigenvalue weighted by Gasteiger charge is 2.10. The van der Waals surface area contributed by atoms with Crippen LogP contribution in [0.25, 0.3) is 0 Å². The average Bonchev–Trinajstić information content (AvgIpc) is 2.59. The molecule has 0 saturated carbocycles. The summed E-state index contributed by atoms with van der Waals surface area (Å²) in [5, 5.41) is 3.41. The van der Waals surface area contributed by atoms with Crippen LogP contribution >= 0.6 is 0 Å². The van der Waals surface area contributed by atoms with Gasteiger partial charge in [0, 0.05) is 24.7 Å². The smallest absolute Gasteiger partial charge is 0.163 e. The third kappa shape index (κ3) is 3.55. The van der Waals surface area contributed by atoms with Crippen molar-refractivity contribution in [2.75, 3.05) is 25.1 Å². The molecule has 3 heteroatoms.